The van der Waals surface area contributed by atoms with Crippen LogP contribution in [0.1, 0.15) is 36.5 Å². The summed E-state index contributed by atoms with van der Waals surface area (Å²) >= 11 is 0. The van der Waals surface area contributed by atoms with E-state index in [1.807, 2.05) is 0 Å². The number of aliphatic hydroxyl groups is 1. The van der Waals surface area contributed by atoms with Crippen LogP contribution in [0.15, 0.2) is 12.1 Å². The lowest BCUT2D eigenvalue weighted by Crippen LogP contribution is -2.64. The number of ether oxygens (including phenoxy) is 1. The lowest BCUT2D eigenvalue weighted by atomic mass is 9.81. The van der Waals surface area contributed by atoms with Crippen molar-refractivity contribution in [3.63, 3.8) is 0 Å². The lowest BCUT2D eigenvalue weighted by molar-refractivity contribution is -0.146. The van der Waals surface area contributed by atoms with E-state index in [1.165, 1.54) is 17.0 Å². The number of likely N-dealkylation sites (tertiary alicyclic amines) is 1. The van der Waals surface area contributed by atoms with Crippen molar-refractivity contribution in [2.24, 2.45) is 5.73 Å². The number of carbonyl (C=O) groups excluding carboxylic acids is 1. The first-order chi connectivity index (χ1) is 13.6. The maximum atomic E-state index is 12.2. The van der Waals surface area contributed by atoms with Crippen LogP contribution in [0, 0.1) is 0 Å². The van der Waals surface area contributed by atoms with Crippen LogP contribution in [0.3, 0.4) is 0 Å². The largest absolute Gasteiger partial charge is 0.507 e. The van der Waals surface area contributed by atoms with E-state index >= 15 is 0 Å². The van der Waals surface area contributed by atoms with Crippen LogP contribution in [0.25, 0.3) is 0 Å². The van der Waals surface area contributed by atoms with Crippen LogP contribution in [-0.2, 0) is 4.79 Å². The van der Waals surface area contributed by atoms with Gasteiger partial charge >= 0.3 is 13.1 Å². The Bertz CT molecular complexity index is 813. The zero-order chi connectivity index (χ0) is 21.5. The lowest BCUT2D eigenvalue weighted by Gasteiger charge is -2.42. The highest BCUT2D eigenvalue weighted by atomic mass is 16.5. The van der Waals surface area contributed by atoms with Crippen LogP contribution in [0.5, 0.6) is 11.5 Å². The van der Waals surface area contributed by atoms with Crippen molar-refractivity contribution in [2.75, 3.05) is 19.7 Å². The van der Waals surface area contributed by atoms with Gasteiger partial charge < -0.3 is 40.7 Å². The molecule has 0 unspecified atom stereocenters. The number of carboxylic acid groups (broad SMARTS) is 1. The number of carboxylic acids is 1. The number of aromatic carboxylic acids is 1. The number of aromatic hydroxyl groups is 1. The number of amides is 1. The maximum absolute atomic E-state index is 12.2. The normalized spacial score (nSPS) is 24.0. The second-order valence-corrected chi connectivity index (χ2v) is 7.37. The summed E-state index contributed by atoms with van der Waals surface area (Å²) in [7, 11) is -1.54. The van der Waals surface area contributed by atoms with Crippen LogP contribution >= 0.6 is 0 Å². The standard InChI is InChI=1S/C17H23BN2O8/c1-17(19,7-21)16(25)20-5-8(6-20)28-12-3-2-9(10-4-11(10)18(26)27)14(22)13(12)15(23)24/h2-3,8,10-11,21-22,26-27H,4-7,19H2,1H3,(H,23,24)/t10-,11-,17-/m0/s1/i1D. The molecule has 1 aliphatic heterocycles. The zero-order valence-corrected chi connectivity index (χ0v) is 15.0. The second kappa shape index (κ2) is 7.24. The van der Waals surface area contributed by atoms with Crippen molar-refractivity contribution in [1.29, 1.82) is 0 Å². The molecule has 7 N–H and O–H groups in total. The first-order valence-corrected chi connectivity index (χ1v) is 8.73. The van der Waals surface area contributed by atoms with Gasteiger partial charge in [-0.05, 0) is 30.9 Å². The van der Waals surface area contributed by atoms with E-state index in [9.17, 15) is 35.0 Å². The molecule has 1 amide bonds. The number of phenols is 1. The number of nitrogens with zero attached hydrogens (tertiary/aromatic N) is 1. The highest BCUT2D eigenvalue weighted by molar-refractivity contribution is 6.44. The molecular weight excluding hydrogens is 371 g/mol. The molecule has 1 saturated heterocycles. The number of benzene rings is 1. The van der Waals surface area contributed by atoms with Gasteiger partial charge in [0.15, 0.2) is 0 Å². The Morgan fingerprint density at radius 2 is 2.11 bits per heavy atom. The SMILES string of the molecule is [2H]C[C@](N)(CO)C(=O)N1CC(Oc2ccc([C@@H]3C[C@@H]3B(O)O)c(O)c2C(=O)O)C1. The fourth-order valence-electron chi connectivity index (χ4n) is 3.34. The molecule has 2 aliphatic rings. The Morgan fingerprint density at radius 3 is 2.61 bits per heavy atom. The van der Waals surface area contributed by atoms with E-state index in [0.29, 0.717) is 12.0 Å². The minimum absolute atomic E-state index is 0.0701. The number of rotatable bonds is 7. The summed E-state index contributed by atoms with van der Waals surface area (Å²) in [6.45, 7) is -0.949. The van der Waals surface area contributed by atoms with E-state index in [0.717, 1.165) is 0 Å². The van der Waals surface area contributed by atoms with Gasteiger partial charge in [0, 0.05) is 7.19 Å². The molecule has 11 heteroatoms. The summed E-state index contributed by atoms with van der Waals surface area (Å²) in [6, 6.07) is 2.88. The van der Waals surface area contributed by atoms with Crippen molar-refractivity contribution >= 4 is 19.0 Å². The van der Waals surface area contributed by atoms with Crippen molar-refractivity contribution in [1.82, 2.24) is 4.90 Å². The van der Waals surface area contributed by atoms with E-state index in [1.54, 1.807) is 0 Å². The molecule has 1 aliphatic carbocycles. The Labute approximate surface area is 162 Å². The average Bonchev–Trinajstić information content (AvgIpc) is 3.43. The number of hydrogen-bond acceptors (Lipinski definition) is 8. The van der Waals surface area contributed by atoms with Crippen molar-refractivity contribution < 1.29 is 41.1 Å². The molecule has 1 saturated carbocycles. The van der Waals surface area contributed by atoms with E-state index in [-0.39, 0.29) is 24.8 Å². The molecule has 10 nitrogen and oxygen atoms in total. The van der Waals surface area contributed by atoms with Crippen LogP contribution < -0.4 is 10.5 Å². The fourth-order valence-corrected chi connectivity index (χ4v) is 3.34. The van der Waals surface area contributed by atoms with Gasteiger partial charge in [-0.1, -0.05) is 6.07 Å². The summed E-state index contributed by atoms with van der Waals surface area (Å²) in [5.41, 5.74) is 3.89. The summed E-state index contributed by atoms with van der Waals surface area (Å²) in [5, 5.41) is 47.6. The summed E-state index contributed by atoms with van der Waals surface area (Å²) in [5.74, 6) is -3.34. The molecule has 1 aromatic carbocycles. The second-order valence-electron chi connectivity index (χ2n) is 7.37. The third-order valence-corrected chi connectivity index (χ3v) is 5.14. The van der Waals surface area contributed by atoms with Gasteiger partial charge in [0.2, 0.25) is 5.91 Å². The van der Waals surface area contributed by atoms with E-state index in [2.05, 4.69) is 0 Å². The number of aliphatic hydroxyl groups excluding tert-OH is 1. The summed E-state index contributed by atoms with van der Waals surface area (Å²) in [6.07, 6.45) is -0.116. The number of hydrogen-bond donors (Lipinski definition) is 6. The average molecular weight is 395 g/mol. The quantitative estimate of drug-likeness (QED) is 0.307. The first-order valence-electron chi connectivity index (χ1n) is 9.44. The number of carbonyl (C=O) groups is 2. The third-order valence-electron chi connectivity index (χ3n) is 5.14. The highest BCUT2D eigenvalue weighted by Gasteiger charge is 2.48. The molecule has 28 heavy (non-hydrogen) atoms. The van der Waals surface area contributed by atoms with Crippen molar-refractivity contribution in [3.05, 3.63) is 23.3 Å². The molecular formula is C17H23BN2O8. The highest BCUT2D eigenvalue weighted by Crippen LogP contribution is 2.56. The Kier molecular flexibility index (Phi) is 4.92. The topological polar surface area (TPSA) is 174 Å². The van der Waals surface area contributed by atoms with Gasteiger partial charge in [0.25, 0.3) is 0 Å². The predicted molar refractivity (Wildman–Crippen MR) is 97.0 cm³/mol. The zero-order valence-electron chi connectivity index (χ0n) is 16.0. The molecule has 0 spiro atoms. The van der Waals surface area contributed by atoms with Gasteiger partial charge in [-0.25, -0.2) is 4.79 Å². The summed E-state index contributed by atoms with van der Waals surface area (Å²) < 4.78 is 13.0. The molecule has 1 heterocycles. The van der Waals surface area contributed by atoms with Gasteiger partial charge in [-0.3, -0.25) is 4.79 Å². The molecule has 3 rings (SSSR count). The van der Waals surface area contributed by atoms with Crippen LogP contribution in [0.4, 0.5) is 0 Å². The monoisotopic (exact) mass is 395 g/mol. The van der Waals surface area contributed by atoms with Crippen LogP contribution in [-0.4, -0.2) is 80.6 Å². The minimum Gasteiger partial charge on any atom is -0.507 e. The molecule has 2 fully saturated rings. The van der Waals surface area contributed by atoms with E-state index < -0.39 is 61.3 Å². The molecule has 1 aromatic rings. The first kappa shape index (κ1) is 19.0. The van der Waals surface area contributed by atoms with Gasteiger partial charge in [0.1, 0.15) is 28.7 Å². The predicted octanol–water partition coefficient (Wildman–Crippen LogP) is -1.28. The molecule has 0 radical (unpaired) electrons. The minimum atomic E-state index is -1.69. The Balaban J connectivity index is 1.70. The Hall–Kier alpha value is -2.34. The van der Waals surface area contributed by atoms with Crippen LogP contribution in [0.2, 0.25) is 5.82 Å². The summed E-state index contributed by atoms with van der Waals surface area (Å²) in [4.78, 5) is 25.2. The smallest absolute Gasteiger partial charge is 0.455 e. The van der Waals surface area contributed by atoms with Gasteiger partial charge in [-0.2, -0.15) is 0 Å². The fraction of sp³-hybridized carbons (Fsp3) is 0.529. The third kappa shape index (κ3) is 3.66. The van der Waals surface area contributed by atoms with Crippen molar-refractivity contribution in [3.8, 4) is 11.5 Å². The molecule has 3 atom stereocenters. The van der Waals surface area contributed by atoms with Gasteiger partial charge in [-0.15, -0.1) is 0 Å². The molecule has 0 aromatic heterocycles. The molecule has 0 bridgehead atoms. The maximum Gasteiger partial charge on any atom is 0.455 e. The number of nitrogens with two attached hydrogens (primary N) is 1. The molecule has 152 valence electrons. The van der Waals surface area contributed by atoms with E-state index in [4.69, 9.17) is 11.8 Å². The van der Waals surface area contributed by atoms with Crippen molar-refractivity contribution in [2.45, 2.75) is 36.7 Å². The Morgan fingerprint density at radius 1 is 1.43 bits per heavy atom. The van der Waals surface area contributed by atoms with Gasteiger partial charge in [0.05, 0.1) is 19.7 Å².